The van der Waals surface area contributed by atoms with Gasteiger partial charge in [0, 0.05) is 12.2 Å². The Morgan fingerprint density at radius 2 is 1.90 bits per heavy atom. The van der Waals surface area contributed by atoms with Crippen LogP contribution in [0.5, 0.6) is 0 Å². The van der Waals surface area contributed by atoms with Gasteiger partial charge in [-0.05, 0) is 56.4 Å². The minimum atomic E-state index is -0.980. The maximum absolute atomic E-state index is 11.7. The minimum Gasteiger partial charge on any atom is -0.478 e. The predicted octanol–water partition coefficient (Wildman–Crippen LogP) is 3.40. The second-order valence-electron chi connectivity index (χ2n) is 5.12. The Kier molecular flexibility index (Phi) is 5.37. The molecule has 5 nitrogen and oxygen atoms in total. The summed E-state index contributed by atoms with van der Waals surface area (Å²) in [5.41, 5.74) is 2.20. The normalized spacial score (nSPS) is 14.2. The van der Waals surface area contributed by atoms with Crippen LogP contribution in [0.4, 0.5) is 10.5 Å². The number of hydrogen-bond acceptors (Lipinski definition) is 2. The molecular weight excluding hydrogens is 268 g/mol. The molecule has 21 heavy (non-hydrogen) atoms. The van der Waals surface area contributed by atoms with Crippen molar-refractivity contribution in [2.45, 2.75) is 32.1 Å². The lowest BCUT2D eigenvalue weighted by Crippen LogP contribution is -2.29. The van der Waals surface area contributed by atoms with Gasteiger partial charge in [-0.15, -0.1) is 0 Å². The van der Waals surface area contributed by atoms with E-state index in [1.165, 1.54) is 30.5 Å². The first-order valence-electron chi connectivity index (χ1n) is 7.21. The first kappa shape index (κ1) is 15.1. The Morgan fingerprint density at radius 1 is 1.14 bits per heavy atom. The van der Waals surface area contributed by atoms with Crippen molar-refractivity contribution in [1.82, 2.24) is 5.32 Å². The van der Waals surface area contributed by atoms with Gasteiger partial charge in [0.25, 0.3) is 0 Å². The molecule has 0 fully saturated rings. The van der Waals surface area contributed by atoms with E-state index in [2.05, 4.69) is 16.7 Å². The third-order valence-electron chi connectivity index (χ3n) is 3.51. The molecule has 0 radical (unpaired) electrons. The summed E-state index contributed by atoms with van der Waals surface area (Å²) in [5.74, 6) is -0.980. The molecule has 1 aromatic carbocycles. The van der Waals surface area contributed by atoms with E-state index >= 15 is 0 Å². The number of carboxylic acid groups (broad SMARTS) is 1. The monoisotopic (exact) mass is 288 g/mol. The van der Waals surface area contributed by atoms with Crippen molar-refractivity contribution in [3.63, 3.8) is 0 Å². The highest BCUT2D eigenvalue weighted by Gasteiger charge is 2.06. The summed E-state index contributed by atoms with van der Waals surface area (Å²) in [4.78, 5) is 22.4. The number of hydrogen-bond donors (Lipinski definition) is 3. The van der Waals surface area contributed by atoms with Crippen LogP contribution < -0.4 is 10.6 Å². The van der Waals surface area contributed by atoms with Gasteiger partial charge >= 0.3 is 12.0 Å². The average molecular weight is 288 g/mol. The molecule has 0 saturated carbocycles. The van der Waals surface area contributed by atoms with Gasteiger partial charge in [-0.3, -0.25) is 0 Å². The zero-order valence-electron chi connectivity index (χ0n) is 11.9. The summed E-state index contributed by atoms with van der Waals surface area (Å²) < 4.78 is 0. The Morgan fingerprint density at radius 3 is 2.52 bits per heavy atom. The molecule has 3 N–H and O–H groups in total. The van der Waals surface area contributed by atoms with Crippen molar-refractivity contribution in [3.8, 4) is 0 Å². The Labute approximate surface area is 124 Å². The summed E-state index contributed by atoms with van der Waals surface area (Å²) in [7, 11) is 0. The minimum absolute atomic E-state index is 0.199. The van der Waals surface area contributed by atoms with E-state index in [0.717, 1.165) is 19.3 Å². The van der Waals surface area contributed by atoms with E-state index < -0.39 is 5.97 Å². The number of benzene rings is 1. The second kappa shape index (κ2) is 7.47. The van der Waals surface area contributed by atoms with Gasteiger partial charge in [-0.25, -0.2) is 9.59 Å². The summed E-state index contributed by atoms with van der Waals surface area (Å²) >= 11 is 0. The maximum atomic E-state index is 11.7. The molecule has 0 unspecified atom stereocenters. The van der Waals surface area contributed by atoms with Crippen molar-refractivity contribution < 1.29 is 14.7 Å². The van der Waals surface area contributed by atoms with Gasteiger partial charge in [-0.1, -0.05) is 11.6 Å². The van der Waals surface area contributed by atoms with Crippen LogP contribution in [-0.2, 0) is 0 Å². The van der Waals surface area contributed by atoms with E-state index in [0.29, 0.717) is 12.2 Å². The van der Waals surface area contributed by atoms with Crippen LogP contribution in [0, 0.1) is 0 Å². The number of rotatable bonds is 5. The lowest BCUT2D eigenvalue weighted by Gasteiger charge is -2.13. The van der Waals surface area contributed by atoms with E-state index in [-0.39, 0.29) is 11.6 Å². The van der Waals surface area contributed by atoms with Crippen LogP contribution in [0.1, 0.15) is 42.5 Å². The molecule has 112 valence electrons. The molecule has 2 rings (SSSR count). The highest BCUT2D eigenvalue weighted by molar-refractivity contribution is 5.91. The summed E-state index contributed by atoms with van der Waals surface area (Å²) in [6.07, 6.45) is 7.97. The predicted molar refractivity (Wildman–Crippen MR) is 81.6 cm³/mol. The van der Waals surface area contributed by atoms with Crippen LogP contribution in [0.3, 0.4) is 0 Å². The third-order valence-corrected chi connectivity index (χ3v) is 3.51. The van der Waals surface area contributed by atoms with Gasteiger partial charge in [0.1, 0.15) is 0 Å². The molecule has 1 aromatic rings. The molecule has 0 saturated heterocycles. The van der Waals surface area contributed by atoms with Crippen LogP contribution in [-0.4, -0.2) is 23.7 Å². The van der Waals surface area contributed by atoms with Crippen LogP contribution in [0.2, 0.25) is 0 Å². The zero-order chi connectivity index (χ0) is 15.1. The maximum Gasteiger partial charge on any atom is 0.335 e. The smallest absolute Gasteiger partial charge is 0.335 e. The average Bonchev–Trinajstić information content (AvgIpc) is 2.49. The zero-order valence-corrected chi connectivity index (χ0v) is 11.9. The number of anilines is 1. The second-order valence-corrected chi connectivity index (χ2v) is 5.12. The fraction of sp³-hybridized carbons (Fsp3) is 0.375. The lowest BCUT2D eigenvalue weighted by molar-refractivity contribution is 0.0697. The highest BCUT2D eigenvalue weighted by Crippen LogP contribution is 2.19. The van der Waals surface area contributed by atoms with Gasteiger partial charge in [0.2, 0.25) is 0 Å². The number of allylic oxidation sites excluding steroid dienone is 1. The number of carboxylic acids is 1. The highest BCUT2D eigenvalue weighted by atomic mass is 16.4. The molecule has 5 heteroatoms. The molecule has 0 heterocycles. The summed E-state index contributed by atoms with van der Waals surface area (Å²) in [6, 6.07) is 5.81. The third kappa shape index (κ3) is 4.95. The fourth-order valence-electron chi connectivity index (χ4n) is 2.34. The summed E-state index contributed by atoms with van der Waals surface area (Å²) in [5, 5.41) is 14.3. The molecule has 0 atom stereocenters. The molecule has 0 bridgehead atoms. The quantitative estimate of drug-likeness (QED) is 0.727. The van der Waals surface area contributed by atoms with Crippen molar-refractivity contribution >= 4 is 17.7 Å². The molecule has 1 aliphatic carbocycles. The van der Waals surface area contributed by atoms with Crippen LogP contribution in [0.15, 0.2) is 35.9 Å². The van der Waals surface area contributed by atoms with Gasteiger partial charge < -0.3 is 15.7 Å². The number of nitrogens with one attached hydrogen (secondary N) is 2. The summed E-state index contributed by atoms with van der Waals surface area (Å²) in [6.45, 7) is 0.616. The van der Waals surface area contributed by atoms with Crippen LogP contribution >= 0.6 is 0 Å². The molecule has 2 amide bonds. The number of carbonyl (C=O) groups excluding carboxylic acids is 1. The topological polar surface area (TPSA) is 78.4 Å². The largest absolute Gasteiger partial charge is 0.478 e. The first-order valence-corrected chi connectivity index (χ1v) is 7.21. The molecule has 0 aromatic heterocycles. The van der Waals surface area contributed by atoms with Gasteiger partial charge in [-0.2, -0.15) is 0 Å². The SMILES string of the molecule is O=C(NCCC1=CCCCC1)Nc1ccc(C(=O)O)cc1. The van der Waals surface area contributed by atoms with Crippen LogP contribution in [0.25, 0.3) is 0 Å². The molecule has 1 aliphatic rings. The van der Waals surface area contributed by atoms with Crippen molar-refractivity contribution in [1.29, 1.82) is 0 Å². The van der Waals surface area contributed by atoms with Crippen molar-refractivity contribution in [3.05, 3.63) is 41.5 Å². The fourth-order valence-corrected chi connectivity index (χ4v) is 2.34. The van der Waals surface area contributed by atoms with E-state index in [1.54, 1.807) is 12.1 Å². The van der Waals surface area contributed by atoms with Crippen molar-refractivity contribution in [2.24, 2.45) is 0 Å². The molecular formula is C16H20N2O3. The van der Waals surface area contributed by atoms with E-state index in [1.807, 2.05) is 0 Å². The number of aromatic carboxylic acids is 1. The van der Waals surface area contributed by atoms with E-state index in [4.69, 9.17) is 5.11 Å². The lowest BCUT2D eigenvalue weighted by atomic mass is 9.97. The van der Waals surface area contributed by atoms with Gasteiger partial charge in [0.05, 0.1) is 5.56 Å². The van der Waals surface area contributed by atoms with Crippen molar-refractivity contribution in [2.75, 3.05) is 11.9 Å². The number of amides is 2. The Bertz CT molecular complexity index is 535. The standard InChI is InChI=1S/C16H20N2O3/c19-15(20)13-6-8-14(9-7-13)18-16(21)17-11-10-12-4-2-1-3-5-12/h4,6-9H,1-3,5,10-11H2,(H,19,20)(H2,17,18,21). The Balaban J connectivity index is 1.73. The first-order chi connectivity index (χ1) is 10.1. The number of urea groups is 1. The van der Waals surface area contributed by atoms with E-state index in [9.17, 15) is 9.59 Å². The Hall–Kier alpha value is -2.30. The number of carbonyl (C=O) groups is 2. The molecule has 0 aliphatic heterocycles. The van der Waals surface area contributed by atoms with Gasteiger partial charge in [0.15, 0.2) is 0 Å². The molecule has 0 spiro atoms.